The second-order valence-electron chi connectivity index (χ2n) is 2.73. The van der Waals surface area contributed by atoms with Crippen LogP contribution in [0.2, 0.25) is 0 Å². The molecule has 0 aromatic carbocycles. The number of alkyl halides is 3. The zero-order chi connectivity index (χ0) is 12.5. The first-order chi connectivity index (χ1) is 7.22. The van der Waals surface area contributed by atoms with Crippen molar-refractivity contribution in [2.45, 2.75) is 13.3 Å². The highest BCUT2D eigenvalue weighted by Crippen LogP contribution is 2.27. The number of carbonyl (C=O) groups is 1. The Balaban J connectivity index is 3.17. The smallest absolute Gasteiger partial charge is 0.401 e. The Bertz CT molecular complexity index is 433. The van der Waals surface area contributed by atoms with Crippen LogP contribution >= 0.6 is 11.6 Å². The van der Waals surface area contributed by atoms with Crippen LogP contribution in [0.5, 0.6) is 5.75 Å². The van der Waals surface area contributed by atoms with Gasteiger partial charge in [0.1, 0.15) is 5.69 Å². The third-order valence-electron chi connectivity index (χ3n) is 1.62. The second-order valence-corrected chi connectivity index (χ2v) is 3.07. The molecule has 1 aromatic rings. The molecule has 0 unspecified atom stereocenters. The summed E-state index contributed by atoms with van der Waals surface area (Å²) in [4.78, 5) is 14.0. The van der Waals surface area contributed by atoms with Gasteiger partial charge < -0.3 is 4.74 Å². The van der Waals surface area contributed by atoms with E-state index in [0.717, 1.165) is 6.92 Å². The van der Waals surface area contributed by atoms with Crippen molar-refractivity contribution in [1.29, 1.82) is 0 Å². The SMILES string of the molecule is Cc1c(C(=O)Cl)ncc(OC(F)(F)F)c1F. The molecule has 88 valence electrons. The van der Waals surface area contributed by atoms with Crippen molar-refractivity contribution >= 4 is 16.8 Å². The molecule has 1 aromatic heterocycles. The van der Waals surface area contributed by atoms with Gasteiger partial charge in [-0.05, 0) is 18.5 Å². The van der Waals surface area contributed by atoms with E-state index in [1.54, 1.807) is 0 Å². The molecule has 0 saturated heterocycles. The summed E-state index contributed by atoms with van der Waals surface area (Å²) in [6.07, 6.45) is -4.58. The van der Waals surface area contributed by atoms with Crippen LogP contribution in [0.25, 0.3) is 0 Å². The predicted octanol–water partition coefficient (Wildman–Crippen LogP) is 2.81. The number of hydrogen-bond donors (Lipinski definition) is 0. The van der Waals surface area contributed by atoms with Crippen molar-refractivity contribution in [1.82, 2.24) is 4.98 Å². The first kappa shape index (κ1) is 12.7. The van der Waals surface area contributed by atoms with Gasteiger partial charge in [0.15, 0.2) is 11.6 Å². The lowest BCUT2D eigenvalue weighted by molar-refractivity contribution is -0.275. The van der Waals surface area contributed by atoms with Crippen LogP contribution in [0, 0.1) is 12.7 Å². The van der Waals surface area contributed by atoms with Crippen molar-refractivity contribution in [2.75, 3.05) is 0 Å². The third kappa shape index (κ3) is 2.82. The fourth-order valence-electron chi connectivity index (χ4n) is 0.959. The van der Waals surface area contributed by atoms with Gasteiger partial charge in [-0.1, -0.05) is 0 Å². The lowest BCUT2D eigenvalue weighted by Gasteiger charge is -2.11. The van der Waals surface area contributed by atoms with E-state index in [1.807, 2.05) is 0 Å². The van der Waals surface area contributed by atoms with Gasteiger partial charge in [-0.3, -0.25) is 4.79 Å². The topological polar surface area (TPSA) is 39.2 Å². The molecule has 1 rings (SSSR count). The largest absolute Gasteiger partial charge is 0.573 e. The second kappa shape index (κ2) is 4.25. The Morgan fingerprint density at radius 2 is 2.06 bits per heavy atom. The highest BCUT2D eigenvalue weighted by atomic mass is 35.5. The van der Waals surface area contributed by atoms with E-state index in [4.69, 9.17) is 11.6 Å². The van der Waals surface area contributed by atoms with Gasteiger partial charge in [-0.2, -0.15) is 0 Å². The van der Waals surface area contributed by atoms with Crippen LogP contribution in [0.15, 0.2) is 6.20 Å². The maximum absolute atomic E-state index is 13.3. The molecular weight excluding hydrogens is 254 g/mol. The fraction of sp³-hybridized carbons (Fsp3) is 0.250. The molecular formula is C8H4ClF4NO2. The van der Waals surface area contributed by atoms with Crippen molar-refractivity contribution in [3.63, 3.8) is 0 Å². The molecule has 0 spiro atoms. The van der Waals surface area contributed by atoms with Gasteiger partial charge in [-0.15, -0.1) is 13.2 Å². The first-order valence-electron chi connectivity index (χ1n) is 3.83. The summed E-state index contributed by atoms with van der Waals surface area (Å²) in [5.74, 6) is -2.43. The first-order valence-corrected chi connectivity index (χ1v) is 4.21. The van der Waals surface area contributed by atoms with E-state index in [-0.39, 0.29) is 0 Å². The van der Waals surface area contributed by atoms with E-state index < -0.39 is 34.4 Å². The number of carbonyl (C=O) groups excluding carboxylic acids is 1. The van der Waals surface area contributed by atoms with Gasteiger partial charge in [0, 0.05) is 5.56 Å². The van der Waals surface area contributed by atoms with E-state index in [2.05, 4.69) is 9.72 Å². The maximum atomic E-state index is 13.3. The molecule has 0 radical (unpaired) electrons. The van der Waals surface area contributed by atoms with Crippen LogP contribution < -0.4 is 4.74 Å². The van der Waals surface area contributed by atoms with Crippen LogP contribution in [0.4, 0.5) is 17.6 Å². The zero-order valence-electron chi connectivity index (χ0n) is 7.73. The molecule has 0 amide bonds. The minimum Gasteiger partial charge on any atom is -0.401 e. The summed E-state index contributed by atoms with van der Waals surface area (Å²) in [5.41, 5.74) is -0.851. The number of aromatic nitrogens is 1. The molecule has 0 aliphatic rings. The van der Waals surface area contributed by atoms with Crippen molar-refractivity contribution in [3.05, 3.63) is 23.3 Å². The monoisotopic (exact) mass is 257 g/mol. The summed E-state index contributed by atoms with van der Waals surface area (Å²) in [7, 11) is 0. The lowest BCUT2D eigenvalue weighted by Crippen LogP contribution is -2.19. The number of halogens is 5. The molecule has 0 saturated carbocycles. The predicted molar refractivity (Wildman–Crippen MR) is 45.8 cm³/mol. The number of rotatable bonds is 2. The van der Waals surface area contributed by atoms with E-state index >= 15 is 0 Å². The van der Waals surface area contributed by atoms with Gasteiger partial charge in [-0.25, -0.2) is 9.37 Å². The molecule has 0 aliphatic heterocycles. The molecule has 1 heterocycles. The Morgan fingerprint density at radius 3 is 2.50 bits per heavy atom. The standard InChI is InChI=1S/C8H4ClF4NO2/c1-3-5(10)4(16-8(11,12)13)2-14-6(3)7(9)15/h2H,1H3. The fourth-order valence-corrected chi connectivity index (χ4v) is 1.15. The Hall–Kier alpha value is -1.37. The normalized spacial score (nSPS) is 11.4. The maximum Gasteiger partial charge on any atom is 0.573 e. The Kier molecular flexibility index (Phi) is 3.37. The minimum atomic E-state index is -5.03. The highest BCUT2D eigenvalue weighted by Gasteiger charge is 2.33. The molecule has 8 heteroatoms. The zero-order valence-corrected chi connectivity index (χ0v) is 8.49. The lowest BCUT2D eigenvalue weighted by atomic mass is 10.2. The molecule has 0 fully saturated rings. The quantitative estimate of drug-likeness (QED) is 0.604. The van der Waals surface area contributed by atoms with Crippen molar-refractivity contribution in [2.24, 2.45) is 0 Å². The third-order valence-corrected chi connectivity index (χ3v) is 1.80. The van der Waals surface area contributed by atoms with Crippen LogP contribution in [0.1, 0.15) is 16.1 Å². The van der Waals surface area contributed by atoms with Gasteiger partial charge in [0.25, 0.3) is 5.24 Å². The van der Waals surface area contributed by atoms with Crippen LogP contribution in [0.3, 0.4) is 0 Å². The Labute approximate surface area is 92.0 Å². The van der Waals surface area contributed by atoms with Crippen molar-refractivity contribution < 1.29 is 27.1 Å². The van der Waals surface area contributed by atoms with E-state index in [1.165, 1.54) is 0 Å². The molecule has 16 heavy (non-hydrogen) atoms. The molecule has 0 N–H and O–H groups in total. The van der Waals surface area contributed by atoms with Gasteiger partial charge in [0.05, 0.1) is 6.20 Å². The summed E-state index contributed by atoms with van der Waals surface area (Å²) in [5, 5.41) is -1.06. The summed E-state index contributed by atoms with van der Waals surface area (Å²) < 4.78 is 52.0. The summed E-state index contributed by atoms with van der Waals surface area (Å²) in [6.45, 7) is 1.07. The molecule has 0 aliphatic carbocycles. The van der Waals surface area contributed by atoms with Crippen LogP contribution in [-0.4, -0.2) is 16.6 Å². The average Bonchev–Trinajstić information content (AvgIpc) is 2.10. The molecule has 3 nitrogen and oxygen atoms in total. The molecule has 0 atom stereocenters. The van der Waals surface area contributed by atoms with Crippen LogP contribution in [-0.2, 0) is 0 Å². The minimum absolute atomic E-state index is 0.401. The number of pyridine rings is 1. The van der Waals surface area contributed by atoms with Crippen molar-refractivity contribution in [3.8, 4) is 5.75 Å². The number of hydrogen-bond acceptors (Lipinski definition) is 3. The summed E-state index contributed by atoms with van der Waals surface area (Å²) >= 11 is 5.03. The van der Waals surface area contributed by atoms with Gasteiger partial charge >= 0.3 is 6.36 Å². The summed E-state index contributed by atoms with van der Waals surface area (Å²) in [6, 6.07) is 0. The Morgan fingerprint density at radius 1 is 1.50 bits per heavy atom. The number of nitrogens with zero attached hydrogens (tertiary/aromatic N) is 1. The number of ether oxygens (including phenoxy) is 1. The average molecular weight is 258 g/mol. The molecule has 0 bridgehead atoms. The van der Waals surface area contributed by atoms with E-state index in [9.17, 15) is 22.4 Å². The highest BCUT2D eigenvalue weighted by molar-refractivity contribution is 6.67. The van der Waals surface area contributed by atoms with Gasteiger partial charge in [0.2, 0.25) is 0 Å². The van der Waals surface area contributed by atoms with E-state index in [0.29, 0.717) is 6.20 Å².